The van der Waals surface area contributed by atoms with Gasteiger partial charge in [-0.25, -0.2) is 0 Å². The topological polar surface area (TPSA) is 52.0 Å². The van der Waals surface area contributed by atoms with Gasteiger partial charge in [0, 0.05) is 17.6 Å². The van der Waals surface area contributed by atoms with Gasteiger partial charge in [-0.15, -0.1) is 0 Å². The van der Waals surface area contributed by atoms with E-state index in [9.17, 15) is 0 Å². The summed E-state index contributed by atoms with van der Waals surface area (Å²) in [6, 6.07) is 5.89. The zero-order valence-electron chi connectivity index (χ0n) is 8.43. The molecule has 78 valence electrons. The van der Waals surface area contributed by atoms with E-state index in [1.807, 2.05) is 25.1 Å². The number of aryl methyl sites for hydroxylation is 1. The van der Waals surface area contributed by atoms with Crippen LogP contribution in [-0.4, -0.2) is 4.98 Å². The predicted octanol–water partition coefficient (Wildman–Crippen LogP) is 2.59. The van der Waals surface area contributed by atoms with Gasteiger partial charge in [-0.2, -0.15) is 0 Å². The lowest BCUT2D eigenvalue weighted by molar-refractivity contribution is 0.527. The first-order chi connectivity index (χ1) is 7.31. The highest BCUT2D eigenvalue weighted by Crippen LogP contribution is 2.32. The maximum Gasteiger partial charge on any atom is 0.114 e. The second kappa shape index (κ2) is 4.51. The molecule has 2 aromatic heterocycles. The molecule has 2 aromatic rings. The third kappa shape index (κ3) is 2.22. The Labute approximate surface area is 92.7 Å². The lowest BCUT2D eigenvalue weighted by atomic mass is 10.3. The first kappa shape index (κ1) is 10.3. The number of hydrogen-bond donors (Lipinski definition) is 1. The molecule has 0 amide bonds. The van der Waals surface area contributed by atoms with E-state index in [-0.39, 0.29) is 0 Å². The lowest BCUT2D eigenvalue weighted by Gasteiger charge is -2.04. The molecule has 15 heavy (non-hydrogen) atoms. The highest BCUT2D eigenvalue weighted by molar-refractivity contribution is 7.99. The van der Waals surface area contributed by atoms with Crippen LogP contribution in [-0.2, 0) is 6.54 Å². The molecule has 0 aliphatic rings. The number of nitrogens with two attached hydrogens (primary N) is 1. The minimum Gasteiger partial charge on any atom is -0.468 e. The van der Waals surface area contributed by atoms with E-state index in [0.29, 0.717) is 6.54 Å². The molecule has 0 spiro atoms. The first-order valence-corrected chi connectivity index (χ1v) is 5.49. The fraction of sp³-hybridized carbons (Fsp3) is 0.182. The molecule has 2 rings (SSSR count). The van der Waals surface area contributed by atoms with Gasteiger partial charge < -0.3 is 10.2 Å². The van der Waals surface area contributed by atoms with Gasteiger partial charge >= 0.3 is 0 Å². The van der Waals surface area contributed by atoms with Crippen molar-refractivity contribution in [1.82, 2.24) is 4.98 Å². The fourth-order valence-electron chi connectivity index (χ4n) is 1.27. The first-order valence-electron chi connectivity index (χ1n) is 4.67. The molecule has 0 unspecified atom stereocenters. The fourth-order valence-corrected chi connectivity index (χ4v) is 2.22. The number of hydrogen-bond acceptors (Lipinski definition) is 4. The molecule has 0 aromatic carbocycles. The van der Waals surface area contributed by atoms with Gasteiger partial charge in [0.2, 0.25) is 0 Å². The largest absolute Gasteiger partial charge is 0.468 e. The number of rotatable bonds is 3. The van der Waals surface area contributed by atoms with E-state index in [1.54, 1.807) is 24.2 Å². The maximum absolute atomic E-state index is 5.62. The van der Waals surface area contributed by atoms with Gasteiger partial charge in [-0.05, 0) is 25.1 Å². The average Bonchev–Trinajstić information content (AvgIpc) is 2.65. The van der Waals surface area contributed by atoms with Crippen LogP contribution >= 0.6 is 11.8 Å². The minimum atomic E-state index is 0.458. The van der Waals surface area contributed by atoms with Crippen LogP contribution in [0.5, 0.6) is 0 Å². The Morgan fingerprint density at radius 2 is 2.27 bits per heavy atom. The molecule has 0 atom stereocenters. The van der Waals surface area contributed by atoms with Crippen molar-refractivity contribution in [3.63, 3.8) is 0 Å². The highest BCUT2D eigenvalue weighted by atomic mass is 32.2. The highest BCUT2D eigenvalue weighted by Gasteiger charge is 2.07. The number of aromatic nitrogens is 1. The van der Waals surface area contributed by atoms with Gasteiger partial charge in [0.05, 0.1) is 16.9 Å². The van der Waals surface area contributed by atoms with E-state index in [4.69, 9.17) is 10.2 Å². The molecule has 4 heteroatoms. The summed E-state index contributed by atoms with van der Waals surface area (Å²) in [5.41, 5.74) is 6.54. The van der Waals surface area contributed by atoms with Crippen LogP contribution in [0, 0.1) is 6.92 Å². The minimum absolute atomic E-state index is 0.458. The SMILES string of the molecule is Cc1occc1Sc1cccnc1CN. The third-order valence-corrected chi connectivity index (χ3v) is 3.31. The van der Waals surface area contributed by atoms with Crippen molar-refractivity contribution in [1.29, 1.82) is 0 Å². The molecule has 0 aliphatic heterocycles. The predicted molar refractivity (Wildman–Crippen MR) is 59.7 cm³/mol. The second-order valence-electron chi connectivity index (χ2n) is 3.10. The van der Waals surface area contributed by atoms with Crippen LogP contribution < -0.4 is 5.73 Å². The van der Waals surface area contributed by atoms with E-state index < -0.39 is 0 Å². The Kier molecular flexibility index (Phi) is 3.08. The van der Waals surface area contributed by atoms with Crippen molar-refractivity contribution in [3.8, 4) is 0 Å². The summed E-state index contributed by atoms with van der Waals surface area (Å²) < 4.78 is 5.24. The molecule has 0 fully saturated rings. The third-order valence-electron chi connectivity index (χ3n) is 2.07. The Balaban J connectivity index is 2.28. The molecule has 2 N–H and O–H groups in total. The van der Waals surface area contributed by atoms with Crippen LogP contribution in [0.3, 0.4) is 0 Å². The Morgan fingerprint density at radius 1 is 1.40 bits per heavy atom. The molecular weight excluding hydrogens is 208 g/mol. The van der Waals surface area contributed by atoms with E-state index in [1.165, 1.54) is 0 Å². The van der Waals surface area contributed by atoms with Crippen LogP contribution in [0.25, 0.3) is 0 Å². The maximum atomic E-state index is 5.62. The van der Waals surface area contributed by atoms with Crippen LogP contribution in [0.2, 0.25) is 0 Å². The van der Waals surface area contributed by atoms with Crippen LogP contribution in [0.15, 0.2) is 44.9 Å². The lowest BCUT2D eigenvalue weighted by Crippen LogP contribution is -2.00. The van der Waals surface area contributed by atoms with Crippen molar-refractivity contribution < 1.29 is 4.42 Å². The Bertz CT molecular complexity index is 453. The van der Waals surface area contributed by atoms with E-state index in [2.05, 4.69) is 4.98 Å². The van der Waals surface area contributed by atoms with Crippen LogP contribution in [0.4, 0.5) is 0 Å². The van der Waals surface area contributed by atoms with Crippen molar-refractivity contribution in [2.45, 2.75) is 23.3 Å². The van der Waals surface area contributed by atoms with Gasteiger partial charge in [-0.3, -0.25) is 4.98 Å². The van der Waals surface area contributed by atoms with Gasteiger partial charge in [0.1, 0.15) is 5.76 Å². The summed E-state index contributed by atoms with van der Waals surface area (Å²) in [5, 5.41) is 0. The van der Waals surface area contributed by atoms with Crippen molar-refractivity contribution in [2.75, 3.05) is 0 Å². The zero-order chi connectivity index (χ0) is 10.7. The molecular formula is C11H12N2OS. The number of furan rings is 1. The molecule has 0 saturated heterocycles. The monoisotopic (exact) mass is 220 g/mol. The summed E-state index contributed by atoms with van der Waals surface area (Å²) in [6.45, 7) is 2.40. The molecule has 0 aliphatic carbocycles. The van der Waals surface area contributed by atoms with Gasteiger partial charge in [0.15, 0.2) is 0 Å². The van der Waals surface area contributed by atoms with E-state index >= 15 is 0 Å². The zero-order valence-corrected chi connectivity index (χ0v) is 9.25. The summed E-state index contributed by atoms with van der Waals surface area (Å²) >= 11 is 1.64. The smallest absolute Gasteiger partial charge is 0.114 e. The second-order valence-corrected chi connectivity index (χ2v) is 4.18. The van der Waals surface area contributed by atoms with Gasteiger partial charge in [0.25, 0.3) is 0 Å². The number of nitrogens with zero attached hydrogens (tertiary/aromatic N) is 1. The van der Waals surface area contributed by atoms with Gasteiger partial charge in [-0.1, -0.05) is 11.8 Å². The normalized spacial score (nSPS) is 10.5. The summed E-state index contributed by atoms with van der Waals surface area (Å²) in [7, 11) is 0. The Hall–Kier alpha value is -1.26. The molecule has 2 heterocycles. The molecule has 0 radical (unpaired) electrons. The van der Waals surface area contributed by atoms with Crippen LogP contribution in [0.1, 0.15) is 11.5 Å². The summed E-state index contributed by atoms with van der Waals surface area (Å²) in [5.74, 6) is 0.923. The standard InChI is InChI=1S/C11H12N2OS/c1-8-10(4-6-14-8)15-11-3-2-5-13-9(11)7-12/h2-6H,7,12H2,1H3. The molecule has 3 nitrogen and oxygen atoms in total. The number of pyridine rings is 1. The Morgan fingerprint density at radius 3 is 2.93 bits per heavy atom. The quantitative estimate of drug-likeness (QED) is 0.863. The average molecular weight is 220 g/mol. The van der Waals surface area contributed by atoms with Crippen molar-refractivity contribution >= 4 is 11.8 Å². The summed E-state index contributed by atoms with van der Waals surface area (Å²) in [6.07, 6.45) is 3.45. The molecule has 0 bridgehead atoms. The van der Waals surface area contributed by atoms with Crippen molar-refractivity contribution in [3.05, 3.63) is 42.1 Å². The molecule has 0 saturated carbocycles. The van der Waals surface area contributed by atoms with Crippen molar-refractivity contribution in [2.24, 2.45) is 5.73 Å². The van der Waals surface area contributed by atoms with E-state index in [0.717, 1.165) is 21.2 Å². The summed E-state index contributed by atoms with van der Waals surface area (Å²) in [4.78, 5) is 6.43.